The van der Waals surface area contributed by atoms with Crippen LogP contribution < -0.4 is 15.4 Å². The summed E-state index contributed by atoms with van der Waals surface area (Å²) in [6.07, 6.45) is 6.44. The number of hydrogen-bond acceptors (Lipinski definition) is 8. The highest BCUT2D eigenvalue weighted by molar-refractivity contribution is 6.02. The molecule has 5 aromatic rings. The van der Waals surface area contributed by atoms with E-state index in [-0.39, 0.29) is 17.7 Å². The van der Waals surface area contributed by atoms with E-state index in [0.29, 0.717) is 39.5 Å². The highest BCUT2D eigenvalue weighted by Crippen LogP contribution is 2.35. The average Bonchev–Trinajstić information content (AvgIpc) is 3.34. The number of nitrogens with one attached hydrogen (secondary N) is 2. The lowest BCUT2D eigenvalue weighted by Crippen LogP contribution is -2.11. The van der Waals surface area contributed by atoms with Crippen LogP contribution in [0.1, 0.15) is 5.69 Å². The van der Waals surface area contributed by atoms with Crippen molar-refractivity contribution in [2.45, 2.75) is 6.92 Å². The van der Waals surface area contributed by atoms with Crippen molar-refractivity contribution in [3.05, 3.63) is 97.2 Å². The first-order chi connectivity index (χ1) is 19.2. The number of hydrogen-bond donors (Lipinski definition) is 2. The molecule has 0 atom stereocenters. The summed E-state index contributed by atoms with van der Waals surface area (Å²) in [7, 11) is 1.78. The van der Waals surface area contributed by atoms with Crippen LogP contribution in [0.15, 0.2) is 85.7 Å². The maximum absolute atomic E-state index is 15.2. The number of aryl methyl sites for hydroxylation is 2. The first-order valence-corrected chi connectivity index (χ1v) is 11.9. The number of carbonyl (C=O) groups is 1. The Morgan fingerprint density at radius 3 is 2.60 bits per heavy atom. The third kappa shape index (κ3) is 5.96. The fraction of sp³-hybridized carbons (Fsp3) is 0.0714. The summed E-state index contributed by atoms with van der Waals surface area (Å²) in [6.45, 7) is 4.79. The van der Waals surface area contributed by atoms with Gasteiger partial charge in [0.1, 0.15) is 0 Å². The van der Waals surface area contributed by atoms with Crippen molar-refractivity contribution in [1.29, 1.82) is 0 Å². The van der Waals surface area contributed by atoms with Gasteiger partial charge in [-0.2, -0.15) is 5.10 Å². The van der Waals surface area contributed by atoms with Crippen LogP contribution in [0.4, 0.5) is 26.1 Å². The minimum Gasteiger partial charge on any atom is -0.421 e. The van der Waals surface area contributed by atoms with E-state index in [9.17, 15) is 9.18 Å². The van der Waals surface area contributed by atoms with Crippen molar-refractivity contribution < 1.29 is 18.3 Å². The van der Waals surface area contributed by atoms with Gasteiger partial charge in [0.15, 0.2) is 17.4 Å². The number of benzene rings is 2. The van der Waals surface area contributed by atoms with Crippen molar-refractivity contribution in [3.8, 4) is 34.1 Å². The Bertz CT molecular complexity index is 1740. The fourth-order valence-corrected chi connectivity index (χ4v) is 3.76. The summed E-state index contributed by atoms with van der Waals surface area (Å²) in [6, 6.07) is 12.8. The molecular weight excluding hydrogens is 518 g/mol. The van der Waals surface area contributed by atoms with Crippen molar-refractivity contribution in [2.24, 2.45) is 7.05 Å². The van der Waals surface area contributed by atoms with E-state index < -0.39 is 17.6 Å². The van der Waals surface area contributed by atoms with Gasteiger partial charge in [0, 0.05) is 48.1 Å². The summed E-state index contributed by atoms with van der Waals surface area (Å²) in [5.41, 5.74) is 3.60. The zero-order chi connectivity index (χ0) is 28.2. The van der Waals surface area contributed by atoms with Crippen LogP contribution >= 0.6 is 0 Å². The van der Waals surface area contributed by atoms with E-state index in [0.717, 1.165) is 0 Å². The molecule has 200 valence electrons. The van der Waals surface area contributed by atoms with Gasteiger partial charge < -0.3 is 15.4 Å². The molecule has 0 unspecified atom stereocenters. The molecule has 5 rings (SSSR count). The lowest BCUT2D eigenvalue weighted by atomic mass is 10.00. The van der Waals surface area contributed by atoms with Gasteiger partial charge in [0.25, 0.3) is 5.91 Å². The third-order valence-electron chi connectivity index (χ3n) is 5.61. The first-order valence-electron chi connectivity index (χ1n) is 11.9. The lowest BCUT2D eigenvalue weighted by molar-refractivity contribution is -0.114. The second-order valence-electron chi connectivity index (χ2n) is 8.65. The molecule has 10 nitrogen and oxygen atoms in total. The largest absolute Gasteiger partial charge is 0.421 e. The zero-order valence-electron chi connectivity index (χ0n) is 21.4. The van der Waals surface area contributed by atoms with Gasteiger partial charge in [-0.3, -0.25) is 9.48 Å². The van der Waals surface area contributed by atoms with Crippen molar-refractivity contribution >= 4 is 23.2 Å². The number of aromatic nitrogens is 6. The Kier molecular flexibility index (Phi) is 7.22. The Balaban J connectivity index is 1.54. The molecule has 3 aromatic heterocycles. The van der Waals surface area contributed by atoms with Gasteiger partial charge >= 0.3 is 6.01 Å². The van der Waals surface area contributed by atoms with Crippen LogP contribution in [0.5, 0.6) is 11.8 Å². The molecule has 0 aliphatic heterocycles. The van der Waals surface area contributed by atoms with E-state index >= 15 is 4.39 Å². The minimum atomic E-state index is -1.12. The molecule has 0 saturated carbocycles. The van der Waals surface area contributed by atoms with Gasteiger partial charge in [0.2, 0.25) is 5.95 Å². The van der Waals surface area contributed by atoms with Crippen LogP contribution in [0, 0.1) is 12.7 Å². The molecule has 3 heterocycles. The van der Waals surface area contributed by atoms with Crippen molar-refractivity contribution in [1.82, 2.24) is 29.7 Å². The normalized spacial score (nSPS) is 10.7. The molecule has 2 N–H and O–H groups in total. The number of amides is 1. The summed E-state index contributed by atoms with van der Waals surface area (Å²) >= 11 is 0. The molecule has 1 amide bonds. The van der Waals surface area contributed by atoms with E-state index in [1.54, 1.807) is 73.6 Å². The van der Waals surface area contributed by atoms with Gasteiger partial charge in [-0.05, 0) is 42.8 Å². The minimum absolute atomic E-state index is 0.0244. The second kappa shape index (κ2) is 11.1. The molecule has 0 saturated heterocycles. The van der Waals surface area contributed by atoms with E-state index in [2.05, 4.69) is 42.2 Å². The second-order valence-corrected chi connectivity index (χ2v) is 8.65. The maximum Gasteiger partial charge on any atom is 0.322 e. The van der Waals surface area contributed by atoms with Gasteiger partial charge in [-0.15, -0.1) is 0 Å². The number of carbonyl (C=O) groups excluding carboxylic acids is 1. The highest BCUT2D eigenvalue weighted by Gasteiger charge is 2.17. The molecule has 0 radical (unpaired) electrons. The van der Waals surface area contributed by atoms with Crippen molar-refractivity contribution in [3.63, 3.8) is 0 Å². The summed E-state index contributed by atoms with van der Waals surface area (Å²) in [5.74, 6) is -2.52. The van der Waals surface area contributed by atoms with Crippen LogP contribution in [0.3, 0.4) is 0 Å². The summed E-state index contributed by atoms with van der Waals surface area (Å²) in [4.78, 5) is 29.1. The Morgan fingerprint density at radius 2 is 1.88 bits per heavy atom. The molecule has 12 heteroatoms. The topological polar surface area (TPSA) is 120 Å². The standard InChI is InChI=1S/C28H22F2N8O2/c1-16-9-10-31-28(34-16)40-24-8-7-18(12-23(24)30)22-14-32-27(36-21-13-33-38(3)15-21)37-25(22)19-5-4-6-20(11-19)35-26(39)17(2)29/h4-15H,2H2,1,3H3,(H,35,39)(H,32,36,37). The Morgan fingerprint density at radius 1 is 1.02 bits per heavy atom. The molecule has 0 aliphatic rings. The monoisotopic (exact) mass is 540 g/mol. The fourth-order valence-electron chi connectivity index (χ4n) is 3.76. The van der Waals surface area contributed by atoms with Gasteiger partial charge in [0.05, 0.1) is 17.6 Å². The van der Waals surface area contributed by atoms with Crippen LogP contribution in [-0.4, -0.2) is 35.6 Å². The third-order valence-corrected chi connectivity index (χ3v) is 5.61. The number of nitrogens with zero attached hydrogens (tertiary/aromatic N) is 6. The molecule has 0 aliphatic carbocycles. The van der Waals surface area contributed by atoms with E-state index in [1.807, 2.05) is 0 Å². The number of rotatable bonds is 8. The Hall–Kier alpha value is -5.52. The smallest absolute Gasteiger partial charge is 0.322 e. The van der Waals surface area contributed by atoms with Crippen LogP contribution in [0.2, 0.25) is 0 Å². The van der Waals surface area contributed by atoms with Gasteiger partial charge in [-0.25, -0.2) is 28.7 Å². The number of ether oxygens (including phenoxy) is 1. The summed E-state index contributed by atoms with van der Waals surface area (Å²) < 4.78 is 35.6. The molecular formula is C28H22F2N8O2. The molecule has 2 aromatic carbocycles. The van der Waals surface area contributed by atoms with Gasteiger partial charge in [-0.1, -0.05) is 24.8 Å². The predicted molar refractivity (Wildman–Crippen MR) is 145 cm³/mol. The molecule has 0 bridgehead atoms. The maximum atomic E-state index is 15.2. The summed E-state index contributed by atoms with van der Waals surface area (Å²) in [5, 5.41) is 9.65. The quantitative estimate of drug-likeness (QED) is 0.239. The SMILES string of the molecule is C=C(F)C(=O)Nc1cccc(-c2nc(Nc3cnn(C)c3)ncc2-c2ccc(Oc3nccc(C)n3)c(F)c2)c1. The van der Waals surface area contributed by atoms with Crippen molar-refractivity contribution in [2.75, 3.05) is 10.6 Å². The Labute approximate surface area is 227 Å². The number of halogens is 2. The van der Waals surface area contributed by atoms with Crippen LogP contribution in [-0.2, 0) is 11.8 Å². The highest BCUT2D eigenvalue weighted by atomic mass is 19.1. The molecule has 0 spiro atoms. The number of anilines is 3. The molecule has 0 fully saturated rings. The van der Waals surface area contributed by atoms with E-state index in [4.69, 9.17) is 4.74 Å². The predicted octanol–water partition coefficient (Wildman–Crippen LogP) is 5.74. The molecule has 40 heavy (non-hydrogen) atoms. The van der Waals surface area contributed by atoms with E-state index in [1.165, 1.54) is 18.3 Å². The average molecular weight is 541 g/mol. The lowest BCUT2D eigenvalue weighted by Gasteiger charge is -2.13. The first kappa shape index (κ1) is 26.1. The van der Waals surface area contributed by atoms with Crippen LogP contribution in [0.25, 0.3) is 22.4 Å². The zero-order valence-corrected chi connectivity index (χ0v) is 21.4.